The van der Waals surface area contributed by atoms with Gasteiger partial charge < -0.3 is 0 Å². The van der Waals surface area contributed by atoms with Gasteiger partial charge in [0.05, 0.1) is 31.0 Å². The second-order valence-corrected chi connectivity index (χ2v) is 6.45. The molecule has 0 amide bonds. The highest BCUT2D eigenvalue weighted by atomic mass is 32.1. The number of thiazole rings is 1. The second kappa shape index (κ2) is 7.92. The smallest absolute Gasteiger partial charge is 0.254 e. The van der Waals surface area contributed by atoms with Crippen molar-refractivity contribution >= 4 is 11.3 Å². The lowest BCUT2D eigenvalue weighted by Crippen LogP contribution is -2.54. The van der Waals surface area contributed by atoms with Gasteiger partial charge >= 0.3 is 17.1 Å². The standard InChI is InChI=1S/C18H17N5O3S/c1-3-9-21-16(24)22(10-4-2)18(26)23(17(21)25)11-13-12-27-15(20-13)14-7-5-6-8-19-14/h3-8,12H,1-2,9-11H2. The minimum absolute atomic E-state index is 0.00530. The molecule has 3 heterocycles. The van der Waals surface area contributed by atoms with Crippen LogP contribution in [0.5, 0.6) is 0 Å². The number of rotatable bonds is 7. The number of hydrogen-bond donors (Lipinski definition) is 0. The van der Waals surface area contributed by atoms with Crippen molar-refractivity contribution in [2.24, 2.45) is 0 Å². The van der Waals surface area contributed by atoms with E-state index < -0.39 is 17.1 Å². The van der Waals surface area contributed by atoms with Crippen LogP contribution in [-0.4, -0.2) is 23.7 Å². The first kappa shape index (κ1) is 18.5. The Balaban J connectivity index is 2.07. The molecule has 27 heavy (non-hydrogen) atoms. The molecule has 0 saturated carbocycles. The summed E-state index contributed by atoms with van der Waals surface area (Å²) < 4.78 is 2.92. The lowest BCUT2D eigenvalue weighted by molar-refractivity contribution is 0.496. The molecule has 0 aliphatic heterocycles. The van der Waals surface area contributed by atoms with E-state index in [0.29, 0.717) is 16.4 Å². The molecule has 0 unspecified atom stereocenters. The van der Waals surface area contributed by atoms with E-state index in [2.05, 4.69) is 23.1 Å². The van der Waals surface area contributed by atoms with Crippen LogP contribution in [0, 0.1) is 0 Å². The summed E-state index contributed by atoms with van der Waals surface area (Å²) in [5, 5.41) is 2.45. The van der Waals surface area contributed by atoms with Gasteiger partial charge in [0.1, 0.15) is 5.01 Å². The summed E-state index contributed by atoms with van der Waals surface area (Å²) in [6, 6.07) is 5.49. The quantitative estimate of drug-likeness (QED) is 0.570. The van der Waals surface area contributed by atoms with E-state index in [0.717, 1.165) is 13.7 Å². The van der Waals surface area contributed by atoms with Crippen LogP contribution < -0.4 is 17.1 Å². The van der Waals surface area contributed by atoms with Gasteiger partial charge in [-0.25, -0.2) is 33.1 Å². The Kier molecular flexibility index (Phi) is 5.41. The molecule has 138 valence electrons. The number of aromatic nitrogens is 5. The average molecular weight is 383 g/mol. The molecule has 0 fully saturated rings. The number of nitrogens with zero attached hydrogens (tertiary/aromatic N) is 5. The highest BCUT2D eigenvalue weighted by Crippen LogP contribution is 2.21. The summed E-state index contributed by atoms with van der Waals surface area (Å²) in [7, 11) is 0. The van der Waals surface area contributed by atoms with Crippen LogP contribution >= 0.6 is 11.3 Å². The first-order valence-corrected chi connectivity index (χ1v) is 8.97. The van der Waals surface area contributed by atoms with E-state index >= 15 is 0 Å². The fourth-order valence-electron chi connectivity index (χ4n) is 2.54. The maximum Gasteiger partial charge on any atom is 0.336 e. The fraction of sp³-hybridized carbons (Fsp3) is 0.167. The number of hydrogen-bond acceptors (Lipinski definition) is 6. The molecular formula is C18H17N5O3S. The third kappa shape index (κ3) is 3.63. The topological polar surface area (TPSA) is 91.8 Å². The van der Waals surface area contributed by atoms with Crippen LogP contribution in [0.25, 0.3) is 10.7 Å². The fourth-order valence-corrected chi connectivity index (χ4v) is 3.32. The van der Waals surface area contributed by atoms with Gasteiger partial charge in [-0.2, -0.15) is 0 Å². The van der Waals surface area contributed by atoms with Crippen molar-refractivity contribution in [2.75, 3.05) is 0 Å². The minimum atomic E-state index is -0.697. The molecule has 0 saturated heterocycles. The zero-order valence-electron chi connectivity index (χ0n) is 14.4. The zero-order valence-corrected chi connectivity index (χ0v) is 15.3. The van der Waals surface area contributed by atoms with Gasteiger partial charge in [0.25, 0.3) is 0 Å². The van der Waals surface area contributed by atoms with Crippen LogP contribution in [0.1, 0.15) is 5.69 Å². The Morgan fingerprint density at radius 3 is 2.15 bits per heavy atom. The summed E-state index contributed by atoms with van der Waals surface area (Å²) in [6.07, 6.45) is 4.52. The molecule has 0 bridgehead atoms. The Morgan fingerprint density at radius 1 is 0.963 bits per heavy atom. The largest absolute Gasteiger partial charge is 0.336 e. The molecule has 3 aromatic heterocycles. The van der Waals surface area contributed by atoms with E-state index in [4.69, 9.17) is 0 Å². The summed E-state index contributed by atoms with van der Waals surface area (Å²) >= 11 is 1.37. The van der Waals surface area contributed by atoms with E-state index in [1.165, 1.54) is 23.5 Å². The molecule has 9 heteroatoms. The van der Waals surface area contributed by atoms with Gasteiger partial charge in [-0.1, -0.05) is 18.2 Å². The van der Waals surface area contributed by atoms with Gasteiger partial charge in [-0.05, 0) is 12.1 Å². The predicted octanol–water partition coefficient (Wildman–Crippen LogP) is 1.11. The van der Waals surface area contributed by atoms with E-state index in [1.807, 2.05) is 18.2 Å². The first-order valence-electron chi connectivity index (χ1n) is 8.09. The molecule has 0 atom stereocenters. The SMILES string of the molecule is C=CCn1c(=O)n(CC=C)c(=O)n(Cc2csc(-c3ccccn3)n2)c1=O. The average Bonchev–Trinajstić information content (AvgIpc) is 3.15. The van der Waals surface area contributed by atoms with Crippen LogP contribution in [0.4, 0.5) is 0 Å². The summed E-state index contributed by atoms with van der Waals surface area (Å²) in [5.74, 6) is 0. The van der Waals surface area contributed by atoms with E-state index in [9.17, 15) is 14.4 Å². The Morgan fingerprint density at radius 2 is 1.59 bits per heavy atom. The van der Waals surface area contributed by atoms with Gasteiger partial charge in [-0.15, -0.1) is 24.5 Å². The van der Waals surface area contributed by atoms with Crippen molar-refractivity contribution in [3.63, 3.8) is 0 Å². The maximum absolute atomic E-state index is 12.6. The van der Waals surface area contributed by atoms with E-state index in [-0.39, 0.29) is 19.6 Å². The molecule has 0 aliphatic rings. The van der Waals surface area contributed by atoms with Gasteiger partial charge in [0.15, 0.2) is 0 Å². The van der Waals surface area contributed by atoms with E-state index in [1.54, 1.807) is 11.6 Å². The molecule has 0 aliphatic carbocycles. The monoisotopic (exact) mass is 383 g/mol. The second-order valence-electron chi connectivity index (χ2n) is 5.59. The number of allylic oxidation sites excluding steroid dienone is 2. The van der Waals surface area contributed by atoms with Crippen molar-refractivity contribution in [3.8, 4) is 10.7 Å². The molecule has 0 N–H and O–H groups in total. The Bertz CT molecular complexity index is 1110. The van der Waals surface area contributed by atoms with Crippen LogP contribution in [0.2, 0.25) is 0 Å². The highest BCUT2D eigenvalue weighted by Gasteiger charge is 2.16. The zero-order chi connectivity index (χ0) is 19.4. The molecular weight excluding hydrogens is 366 g/mol. The number of pyridine rings is 1. The summed E-state index contributed by atoms with van der Waals surface area (Å²) in [4.78, 5) is 46.4. The first-order chi connectivity index (χ1) is 13.1. The van der Waals surface area contributed by atoms with Crippen LogP contribution in [-0.2, 0) is 19.6 Å². The Labute approximate surface area is 158 Å². The molecule has 0 aromatic carbocycles. The molecule has 3 rings (SSSR count). The van der Waals surface area contributed by atoms with Crippen molar-refractivity contribution in [3.05, 3.63) is 92.2 Å². The van der Waals surface area contributed by atoms with Crippen molar-refractivity contribution < 1.29 is 0 Å². The van der Waals surface area contributed by atoms with Crippen LogP contribution in [0.15, 0.2) is 69.5 Å². The van der Waals surface area contributed by atoms with Gasteiger partial charge in [-0.3, -0.25) is 4.98 Å². The predicted molar refractivity (Wildman–Crippen MR) is 104 cm³/mol. The lowest BCUT2D eigenvalue weighted by Gasteiger charge is -2.11. The van der Waals surface area contributed by atoms with Gasteiger partial charge in [0.2, 0.25) is 0 Å². The molecule has 0 spiro atoms. The van der Waals surface area contributed by atoms with Gasteiger partial charge in [0, 0.05) is 11.6 Å². The highest BCUT2D eigenvalue weighted by molar-refractivity contribution is 7.13. The molecule has 0 radical (unpaired) electrons. The van der Waals surface area contributed by atoms with Crippen LogP contribution in [0.3, 0.4) is 0 Å². The summed E-state index contributed by atoms with van der Waals surface area (Å²) in [6.45, 7) is 7.07. The minimum Gasteiger partial charge on any atom is -0.254 e. The third-order valence-corrected chi connectivity index (χ3v) is 4.68. The van der Waals surface area contributed by atoms with Crippen molar-refractivity contribution in [1.82, 2.24) is 23.7 Å². The molecule has 8 nitrogen and oxygen atoms in total. The Hall–Kier alpha value is -3.33. The molecule has 3 aromatic rings. The van der Waals surface area contributed by atoms with Crippen molar-refractivity contribution in [2.45, 2.75) is 19.6 Å². The van der Waals surface area contributed by atoms with Crippen molar-refractivity contribution in [1.29, 1.82) is 0 Å². The maximum atomic E-state index is 12.6. The normalized spacial score (nSPS) is 10.7. The summed E-state index contributed by atoms with van der Waals surface area (Å²) in [5.41, 5.74) is -0.834. The lowest BCUT2D eigenvalue weighted by atomic mass is 10.3. The third-order valence-electron chi connectivity index (χ3n) is 3.76.